The minimum Gasteiger partial charge on any atom is -0.338 e. The summed E-state index contributed by atoms with van der Waals surface area (Å²) in [4.78, 5) is 29.3. The lowest BCUT2D eigenvalue weighted by atomic mass is 10.1. The monoisotopic (exact) mass is 391 g/mol. The van der Waals surface area contributed by atoms with E-state index in [2.05, 4.69) is 5.48 Å². The van der Waals surface area contributed by atoms with Gasteiger partial charge in [0.2, 0.25) is 15.9 Å². The maximum Gasteiger partial charge on any atom is 0.251 e. The first-order valence-corrected chi connectivity index (χ1v) is 9.97. The molecule has 3 rings (SSSR count). The highest BCUT2D eigenvalue weighted by molar-refractivity contribution is 7.89. The van der Waals surface area contributed by atoms with Crippen LogP contribution in [0.25, 0.3) is 10.8 Å². The number of nitrogens with one attached hydrogen (secondary N) is 1. The molecule has 1 aliphatic rings. The summed E-state index contributed by atoms with van der Waals surface area (Å²) in [5, 5.41) is 1.84. The van der Waals surface area contributed by atoms with Crippen molar-refractivity contribution < 1.29 is 22.8 Å². The summed E-state index contributed by atoms with van der Waals surface area (Å²) in [5.74, 6) is -0.694. The number of piperazine rings is 1. The van der Waals surface area contributed by atoms with Gasteiger partial charge in [-0.1, -0.05) is 30.3 Å². The molecular formula is C18H21N3O5S. The van der Waals surface area contributed by atoms with Crippen LogP contribution in [-0.2, 0) is 24.4 Å². The number of fused-ring (bicyclic) bond motifs is 1. The van der Waals surface area contributed by atoms with Crippen LogP contribution in [0, 0.1) is 0 Å². The number of carbonyl (C=O) groups excluding carboxylic acids is 2. The summed E-state index contributed by atoms with van der Waals surface area (Å²) < 4.78 is 27.2. The molecular weight excluding hydrogens is 370 g/mol. The number of amides is 2. The van der Waals surface area contributed by atoms with Crippen LogP contribution in [0.5, 0.6) is 0 Å². The third kappa shape index (κ3) is 4.44. The Morgan fingerprint density at radius 2 is 1.70 bits per heavy atom. The van der Waals surface area contributed by atoms with Crippen molar-refractivity contribution in [2.24, 2.45) is 0 Å². The van der Waals surface area contributed by atoms with Crippen LogP contribution < -0.4 is 5.48 Å². The molecule has 0 unspecified atom stereocenters. The van der Waals surface area contributed by atoms with Gasteiger partial charge < -0.3 is 4.90 Å². The van der Waals surface area contributed by atoms with Gasteiger partial charge in [0, 0.05) is 33.1 Å². The number of rotatable bonds is 5. The molecule has 0 aliphatic carbocycles. The molecule has 0 bridgehead atoms. The SMILES string of the molecule is CC(=O)NOCC(=O)N1CCN(S(=O)(=O)c2ccc3ccccc3c2)CC1. The lowest BCUT2D eigenvalue weighted by Gasteiger charge is -2.33. The molecule has 1 saturated heterocycles. The Bertz CT molecular complexity index is 952. The lowest BCUT2D eigenvalue weighted by Crippen LogP contribution is -2.51. The summed E-state index contributed by atoms with van der Waals surface area (Å²) in [6.45, 7) is 1.96. The highest BCUT2D eigenvalue weighted by Gasteiger charge is 2.30. The highest BCUT2D eigenvalue weighted by Crippen LogP contribution is 2.22. The van der Waals surface area contributed by atoms with Crippen LogP contribution in [0.1, 0.15) is 6.92 Å². The van der Waals surface area contributed by atoms with Crippen LogP contribution >= 0.6 is 0 Å². The molecule has 2 aromatic carbocycles. The summed E-state index contributed by atoms with van der Waals surface area (Å²) in [6.07, 6.45) is 0. The van der Waals surface area contributed by atoms with Crippen LogP contribution in [-0.4, -0.2) is 62.2 Å². The normalized spacial score (nSPS) is 15.7. The molecule has 0 atom stereocenters. The average Bonchev–Trinajstić information content (AvgIpc) is 2.67. The average molecular weight is 391 g/mol. The molecule has 2 aromatic rings. The van der Waals surface area contributed by atoms with E-state index in [1.807, 2.05) is 24.3 Å². The van der Waals surface area contributed by atoms with Gasteiger partial charge >= 0.3 is 0 Å². The molecule has 1 fully saturated rings. The second-order valence-electron chi connectivity index (χ2n) is 6.24. The van der Waals surface area contributed by atoms with Gasteiger partial charge in [0.05, 0.1) is 4.90 Å². The Morgan fingerprint density at radius 1 is 1.04 bits per heavy atom. The van der Waals surface area contributed by atoms with Gasteiger partial charge in [-0.3, -0.25) is 14.4 Å². The van der Waals surface area contributed by atoms with E-state index in [0.717, 1.165) is 10.8 Å². The zero-order valence-corrected chi connectivity index (χ0v) is 15.7. The van der Waals surface area contributed by atoms with Crippen LogP contribution in [0.2, 0.25) is 0 Å². The fourth-order valence-electron chi connectivity index (χ4n) is 2.95. The van der Waals surface area contributed by atoms with Crippen molar-refractivity contribution in [2.75, 3.05) is 32.8 Å². The predicted molar refractivity (Wildman–Crippen MR) is 99.1 cm³/mol. The fraction of sp³-hybridized carbons (Fsp3) is 0.333. The number of hydrogen-bond donors (Lipinski definition) is 1. The zero-order chi connectivity index (χ0) is 19.4. The van der Waals surface area contributed by atoms with Crippen molar-refractivity contribution in [3.8, 4) is 0 Å². The largest absolute Gasteiger partial charge is 0.338 e. The van der Waals surface area contributed by atoms with E-state index >= 15 is 0 Å². The summed E-state index contributed by atoms with van der Waals surface area (Å²) >= 11 is 0. The standard InChI is InChI=1S/C18H21N3O5S/c1-14(22)19-26-13-18(23)20-8-10-21(11-9-20)27(24,25)17-7-6-15-4-2-3-5-16(15)12-17/h2-7,12H,8-11,13H2,1H3,(H,19,22). The fourth-order valence-corrected chi connectivity index (χ4v) is 4.40. The summed E-state index contributed by atoms with van der Waals surface area (Å²) in [6, 6.07) is 12.6. The maximum absolute atomic E-state index is 12.9. The van der Waals surface area contributed by atoms with Gasteiger partial charge in [-0.25, -0.2) is 13.9 Å². The Hall–Kier alpha value is -2.49. The highest BCUT2D eigenvalue weighted by atomic mass is 32.2. The molecule has 8 nitrogen and oxygen atoms in total. The van der Waals surface area contributed by atoms with Crippen molar-refractivity contribution in [3.05, 3.63) is 42.5 Å². The van der Waals surface area contributed by atoms with E-state index in [9.17, 15) is 18.0 Å². The number of carbonyl (C=O) groups is 2. The molecule has 0 radical (unpaired) electrons. The van der Waals surface area contributed by atoms with Crippen LogP contribution in [0.4, 0.5) is 0 Å². The van der Waals surface area contributed by atoms with Gasteiger partial charge in [-0.2, -0.15) is 4.31 Å². The molecule has 1 aliphatic heterocycles. The van der Waals surface area contributed by atoms with Gasteiger partial charge in [-0.05, 0) is 22.9 Å². The van der Waals surface area contributed by atoms with Crippen LogP contribution in [0.15, 0.2) is 47.4 Å². The number of nitrogens with zero attached hydrogens (tertiary/aromatic N) is 2. The quantitative estimate of drug-likeness (QED) is 0.759. The Balaban J connectivity index is 1.63. The topological polar surface area (TPSA) is 96.0 Å². The lowest BCUT2D eigenvalue weighted by molar-refractivity contribution is -0.144. The van der Waals surface area contributed by atoms with E-state index in [4.69, 9.17) is 4.84 Å². The smallest absolute Gasteiger partial charge is 0.251 e. The van der Waals surface area contributed by atoms with Crippen LogP contribution in [0.3, 0.4) is 0 Å². The van der Waals surface area contributed by atoms with Gasteiger partial charge in [-0.15, -0.1) is 0 Å². The van der Waals surface area contributed by atoms with Crippen molar-refractivity contribution in [1.82, 2.24) is 14.7 Å². The summed E-state index contributed by atoms with van der Waals surface area (Å²) in [5.41, 5.74) is 2.09. The predicted octanol–water partition coefficient (Wildman–Crippen LogP) is 0.740. The van der Waals surface area contributed by atoms with E-state index in [1.54, 1.807) is 18.2 Å². The van der Waals surface area contributed by atoms with E-state index in [1.165, 1.54) is 16.1 Å². The number of benzene rings is 2. The number of hydrogen-bond acceptors (Lipinski definition) is 5. The maximum atomic E-state index is 12.9. The molecule has 2 amide bonds. The third-order valence-electron chi connectivity index (χ3n) is 4.36. The second-order valence-corrected chi connectivity index (χ2v) is 8.18. The molecule has 27 heavy (non-hydrogen) atoms. The van der Waals surface area contributed by atoms with Crippen molar-refractivity contribution >= 4 is 32.6 Å². The Labute approximate surface area is 157 Å². The third-order valence-corrected chi connectivity index (χ3v) is 6.26. The summed E-state index contributed by atoms with van der Waals surface area (Å²) in [7, 11) is -3.62. The van der Waals surface area contributed by atoms with Crippen molar-refractivity contribution in [1.29, 1.82) is 0 Å². The minimum absolute atomic E-state index is 0.209. The van der Waals surface area contributed by atoms with E-state index in [0.29, 0.717) is 0 Å². The number of sulfonamides is 1. The first-order valence-electron chi connectivity index (χ1n) is 8.53. The number of hydroxylamine groups is 1. The Kier molecular flexibility index (Phi) is 5.73. The first kappa shape index (κ1) is 19.3. The van der Waals surface area contributed by atoms with Crippen molar-refractivity contribution in [3.63, 3.8) is 0 Å². The van der Waals surface area contributed by atoms with Gasteiger partial charge in [0.25, 0.3) is 5.91 Å². The first-order chi connectivity index (χ1) is 12.9. The minimum atomic E-state index is -3.62. The van der Waals surface area contributed by atoms with E-state index < -0.39 is 15.9 Å². The molecule has 0 saturated carbocycles. The van der Waals surface area contributed by atoms with Gasteiger partial charge in [0.15, 0.2) is 6.61 Å². The molecule has 144 valence electrons. The molecule has 0 aromatic heterocycles. The van der Waals surface area contributed by atoms with Crippen molar-refractivity contribution in [2.45, 2.75) is 11.8 Å². The Morgan fingerprint density at radius 3 is 2.37 bits per heavy atom. The molecule has 0 spiro atoms. The molecule has 1 N–H and O–H groups in total. The zero-order valence-electron chi connectivity index (χ0n) is 14.9. The van der Waals surface area contributed by atoms with Gasteiger partial charge in [0.1, 0.15) is 0 Å². The molecule has 1 heterocycles. The second kappa shape index (κ2) is 8.03. The van der Waals surface area contributed by atoms with E-state index in [-0.39, 0.29) is 43.6 Å². The molecule has 9 heteroatoms.